The van der Waals surface area contributed by atoms with E-state index in [1.807, 2.05) is 97.2 Å². The van der Waals surface area contributed by atoms with Gasteiger partial charge in [0.05, 0.1) is 46.1 Å². The molecule has 0 saturated carbocycles. The summed E-state index contributed by atoms with van der Waals surface area (Å²) in [6.45, 7) is 0. The second-order valence-electron chi connectivity index (χ2n) is 12.2. The molecule has 0 bridgehead atoms. The minimum atomic E-state index is -1.45. The van der Waals surface area contributed by atoms with E-state index in [0.717, 1.165) is 0 Å². The molecule has 0 aromatic heterocycles. The van der Waals surface area contributed by atoms with Gasteiger partial charge >= 0.3 is 55.5 Å². The first-order valence-corrected chi connectivity index (χ1v) is 18.2. The molecule has 0 aromatic rings. The molecule has 0 heterocycles. The molecule has 0 aromatic carbocycles. The largest absolute Gasteiger partial charge is 4.00 e. The summed E-state index contributed by atoms with van der Waals surface area (Å²) < 4.78 is 40.2. The first kappa shape index (κ1) is 44.9. The van der Waals surface area contributed by atoms with Crippen molar-refractivity contribution in [3.05, 3.63) is 192 Å². The van der Waals surface area contributed by atoms with Crippen LogP contribution in [0.25, 0.3) is 0 Å². The van der Waals surface area contributed by atoms with Crippen LogP contribution in [0.4, 0.5) is 0 Å². The zero-order chi connectivity index (χ0) is 39.2. The van der Waals surface area contributed by atoms with Gasteiger partial charge in [0.15, 0.2) is 0 Å². The van der Waals surface area contributed by atoms with Crippen molar-refractivity contribution in [3.63, 3.8) is 0 Å². The number of hydrogen-bond donors (Lipinski definition) is 0. The second kappa shape index (κ2) is 25.5. The first-order valence-electron chi connectivity index (χ1n) is 18.2. The summed E-state index contributed by atoms with van der Waals surface area (Å²) >= 11 is 0. The van der Waals surface area contributed by atoms with E-state index < -0.39 is 29.3 Å². The fraction of sp³-hybridized carbons (Fsp3) is 0.200. The van der Waals surface area contributed by atoms with Crippen LogP contribution in [0.3, 0.4) is 0 Å². The second-order valence-corrected chi connectivity index (χ2v) is 12.2. The Morgan fingerprint density at radius 3 is 0.474 bits per heavy atom. The third-order valence-corrected chi connectivity index (χ3v) is 7.88. The van der Waals surface area contributed by atoms with E-state index in [1.54, 1.807) is 48.6 Å². The normalized spacial score (nSPS) is 17.8. The van der Waals surface area contributed by atoms with E-state index in [1.165, 1.54) is 0 Å². The van der Waals surface area contributed by atoms with Gasteiger partial charge in [0.25, 0.3) is 0 Å². The molecule has 0 aliphatic heterocycles. The smallest absolute Gasteiger partial charge is 0.808 e. The van der Waals surface area contributed by atoms with Crippen LogP contribution in [0, 0.1) is 0 Å². The maximum absolute atomic E-state index is 11.3. The zero-order valence-electron chi connectivity index (χ0n) is 31.2. The van der Waals surface area contributed by atoms with Crippen molar-refractivity contribution in [3.8, 4) is 0 Å². The molecule has 0 fully saturated rings. The van der Waals surface area contributed by atoms with Crippen LogP contribution in [0.15, 0.2) is 192 Å². The molecular formula is C40H40B4O12Zr. The van der Waals surface area contributed by atoms with Gasteiger partial charge < -0.3 is 57.3 Å². The van der Waals surface area contributed by atoms with Gasteiger partial charge in [-0.05, 0) is 48.6 Å². The predicted octanol–water partition coefficient (Wildman–Crippen LogP) is 4.21. The molecule has 0 radical (unpaired) electrons. The summed E-state index contributed by atoms with van der Waals surface area (Å²) in [6.07, 6.45) is 49.9. The fourth-order valence-corrected chi connectivity index (χ4v) is 5.20. The first-order chi connectivity index (χ1) is 27.4. The Kier molecular flexibility index (Phi) is 20.1. The van der Waals surface area contributed by atoms with Crippen LogP contribution >= 0.6 is 0 Å². The molecule has 12 nitrogen and oxygen atoms in total. The Balaban J connectivity index is 0.000000167. The van der Waals surface area contributed by atoms with Crippen LogP contribution in [0.5, 0.6) is 0 Å². The molecule has 8 aliphatic carbocycles. The minimum absolute atomic E-state index is 0. The Morgan fingerprint density at radius 2 is 0.386 bits per heavy atom. The number of rotatable bonds is 16. The molecule has 0 spiro atoms. The Bertz CT molecular complexity index is 1460. The SMILES string of the molecule is [O-]B(OC1=CC=CC1)OC1=CC=CC1.[O-]B(OC1=CC=CC1)OC1=CC=CC1.[O-]B(OC1=CC=CC1)OC1=CC=CC1.[O-]B(OC1=CC=CC1)OC1=CC=CC1.[Zr+4]. The molecule has 0 amide bonds. The molecule has 0 N–H and O–H groups in total. The summed E-state index contributed by atoms with van der Waals surface area (Å²) in [5.74, 6) is 5.31. The van der Waals surface area contributed by atoms with Crippen molar-refractivity contribution >= 4 is 29.3 Å². The molecular weight excluding hydrogens is 807 g/mol. The standard InChI is InChI=1S/4C10H10BO3.Zr/c4*12-11(13-9-5-1-2-6-9)14-10-7-3-4-8-10;/h4*1-5,7H,6,8H2;/q4*-1;+4. The molecule has 57 heavy (non-hydrogen) atoms. The van der Waals surface area contributed by atoms with Crippen molar-refractivity contribution < 1.29 is 83.5 Å². The van der Waals surface area contributed by atoms with Crippen molar-refractivity contribution in [1.29, 1.82) is 0 Å². The summed E-state index contributed by atoms with van der Waals surface area (Å²) in [7, 11) is -5.81. The van der Waals surface area contributed by atoms with Gasteiger partial charge in [-0.25, -0.2) is 0 Å². The molecule has 0 atom stereocenters. The van der Waals surface area contributed by atoms with Crippen molar-refractivity contribution in [2.24, 2.45) is 0 Å². The monoisotopic (exact) mass is 846 g/mol. The summed E-state index contributed by atoms with van der Waals surface area (Å²) in [4.78, 5) is 0. The van der Waals surface area contributed by atoms with Gasteiger partial charge in [-0.3, -0.25) is 0 Å². The molecule has 8 aliphatic rings. The average molecular weight is 847 g/mol. The van der Waals surface area contributed by atoms with Crippen LogP contribution in [0.2, 0.25) is 0 Å². The summed E-state index contributed by atoms with van der Waals surface area (Å²) in [5, 5.41) is 45.0. The van der Waals surface area contributed by atoms with Crippen molar-refractivity contribution in [2.75, 3.05) is 0 Å². The van der Waals surface area contributed by atoms with Gasteiger partial charge in [-0.1, -0.05) is 97.2 Å². The van der Waals surface area contributed by atoms with E-state index in [0.29, 0.717) is 97.4 Å². The molecule has 288 valence electrons. The third kappa shape index (κ3) is 17.9. The third-order valence-electron chi connectivity index (χ3n) is 7.88. The summed E-state index contributed by atoms with van der Waals surface area (Å²) in [5.41, 5.74) is 0. The van der Waals surface area contributed by atoms with Crippen molar-refractivity contribution in [1.82, 2.24) is 0 Å². The van der Waals surface area contributed by atoms with Gasteiger partial charge in [0.2, 0.25) is 0 Å². The molecule has 8 rings (SSSR count). The molecule has 0 unspecified atom stereocenters. The van der Waals surface area contributed by atoms with Crippen LogP contribution in [-0.4, -0.2) is 29.3 Å². The summed E-state index contributed by atoms with van der Waals surface area (Å²) in [6, 6.07) is 0. The fourth-order valence-electron chi connectivity index (χ4n) is 5.20. The van der Waals surface area contributed by atoms with Gasteiger partial charge in [0.1, 0.15) is 0 Å². The number of hydrogen-bond acceptors (Lipinski definition) is 12. The average Bonchev–Trinajstić information content (AvgIpc) is 4.02. The Morgan fingerprint density at radius 1 is 0.263 bits per heavy atom. The van der Waals surface area contributed by atoms with Crippen LogP contribution in [-0.2, 0) is 63.4 Å². The van der Waals surface area contributed by atoms with Gasteiger partial charge in [-0.15, -0.1) is 0 Å². The van der Waals surface area contributed by atoms with Crippen molar-refractivity contribution in [2.45, 2.75) is 51.4 Å². The zero-order valence-corrected chi connectivity index (χ0v) is 33.7. The van der Waals surface area contributed by atoms with Gasteiger partial charge in [-0.2, -0.15) is 0 Å². The van der Waals surface area contributed by atoms with Gasteiger partial charge in [0, 0.05) is 51.4 Å². The van der Waals surface area contributed by atoms with Crippen LogP contribution < -0.4 is 20.1 Å². The molecule has 0 saturated heterocycles. The maximum atomic E-state index is 11.3. The van der Waals surface area contributed by atoms with E-state index in [9.17, 15) is 20.1 Å². The van der Waals surface area contributed by atoms with Crippen LogP contribution in [0.1, 0.15) is 51.4 Å². The van der Waals surface area contributed by atoms with E-state index in [4.69, 9.17) is 37.2 Å². The Labute approximate surface area is 354 Å². The maximum Gasteiger partial charge on any atom is 4.00 e. The molecule has 17 heteroatoms. The minimum Gasteiger partial charge on any atom is -0.808 e. The van der Waals surface area contributed by atoms with E-state index >= 15 is 0 Å². The number of allylic oxidation sites excluding steroid dienone is 24. The predicted molar refractivity (Wildman–Crippen MR) is 206 cm³/mol. The van der Waals surface area contributed by atoms with E-state index in [-0.39, 0.29) is 26.2 Å². The van der Waals surface area contributed by atoms with E-state index in [2.05, 4.69) is 0 Å². The topological polar surface area (TPSA) is 166 Å². The Hall–Kier alpha value is -4.78. The quantitative estimate of drug-likeness (QED) is 0.204.